The molecule has 29 heavy (non-hydrogen) atoms. The SMILES string of the molecule is CCN(CC)CCN(C(=O)c1ccco1)c1nc2cc3c(cc2s1)OCCO3.Cl. The fourth-order valence-electron chi connectivity index (χ4n) is 3.17. The van der Waals surface area contributed by atoms with Crippen LogP contribution in [0, 0.1) is 0 Å². The Morgan fingerprint density at radius 2 is 1.86 bits per heavy atom. The fraction of sp³-hybridized carbons (Fsp3) is 0.400. The van der Waals surface area contributed by atoms with Gasteiger partial charge in [0.25, 0.3) is 5.91 Å². The van der Waals surface area contributed by atoms with Crippen molar-refractivity contribution < 1.29 is 18.7 Å². The van der Waals surface area contributed by atoms with E-state index in [9.17, 15) is 4.79 Å². The van der Waals surface area contributed by atoms with Gasteiger partial charge in [-0.15, -0.1) is 12.4 Å². The van der Waals surface area contributed by atoms with Gasteiger partial charge in [0, 0.05) is 25.2 Å². The lowest BCUT2D eigenvalue weighted by Gasteiger charge is -2.24. The molecule has 7 nitrogen and oxygen atoms in total. The minimum Gasteiger partial charge on any atom is -0.486 e. The molecule has 1 aliphatic rings. The van der Waals surface area contributed by atoms with Crippen LogP contribution in [0.25, 0.3) is 10.2 Å². The number of likely N-dealkylation sites (N-methyl/N-ethyl adjacent to an activating group) is 1. The second-order valence-electron chi connectivity index (χ2n) is 6.42. The molecule has 1 aliphatic heterocycles. The molecule has 4 rings (SSSR count). The Bertz CT molecular complexity index is 913. The van der Waals surface area contributed by atoms with Gasteiger partial charge in [0.15, 0.2) is 22.4 Å². The van der Waals surface area contributed by atoms with Gasteiger partial charge < -0.3 is 18.8 Å². The molecule has 1 aromatic carbocycles. The first-order valence-corrected chi connectivity index (χ1v) is 10.3. The van der Waals surface area contributed by atoms with Crippen molar-refractivity contribution in [3.63, 3.8) is 0 Å². The minimum absolute atomic E-state index is 0. The summed E-state index contributed by atoms with van der Waals surface area (Å²) in [4.78, 5) is 21.7. The van der Waals surface area contributed by atoms with E-state index >= 15 is 0 Å². The molecule has 1 amide bonds. The van der Waals surface area contributed by atoms with Crippen LogP contribution >= 0.6 is 23.7 Å². The minimum atomic E-state index is -0.187. The zero-order valence-electron chi connectivity index (χ0n) is 16.4. The van der Waals surface area contributed by atoms with Crippen LogP contribution in [0.5, 0.6) is 11.5 Å². The molecule has 0 aliphatic carbocycles. The molecule has 0 unspecified atom stereocenters. The van der Waals surface area contributed by atoms with Crippen molar-refractivity contribution in [3.05, 3.63) is 36.3 Å². The van der Waals surface area contributed by atoms with Gasteiger partial charge in [-0.3, -0.25) is 9.69 Å². The maximum Gasteiger partial charge on any atom is 0.295 e. The zero-order chi connectivity index (χ0) is 19.5. The normalized spacial score (nSPS) is 12.8. The smallest absolute Gasteiger partial charge is 0.295 e. The van der Waals surface area contributed by atoms with E-state index in [-0.39, 0.29) is 18.3 Å². The van der Waals surface area contributed by atoms with E-state index in [0.717, 1.165) is 35.6 Å². The molecule has 156 valence electrons. The van der Waals surface area contributed by atoms with Crippen molar-refractivity contribution in [2.45, 2.75) is 13.8 Å². The van der Waals surface area contributed by atoms with Gasteiger partial charge in [0.05, 0.1) is 16.5 Å². The van der Waals surface area contributed by atoms with Crippen molar-refractivity contribution >= 4 is 45.0 Å². The van der Waals surface area contributed by atoms with Gasteiger partial charge in [0.1, 0.15) is 13.2 Å². The standard InChI is InChI=1S/C20H23N3O4S.ClH/c1-3-22(4-2)7-8-23(19(24)15-6-5-9-25-15)20-21-14-12-16-17(13-18(14)28-20)27-11-10-26-16;/h5-6,9,12-13H,3-4,7-8,10-11H2,1-2H3;1H. The topological polar surface area (TPSA) is 68.0 Å². The van der Waals surface area contributed by atoms with Gasteiger partial charge in [-0.05, 0) is 25.2 Å². The summed E-state index contributed by atoms with van der Waals surface area (Å²) in [6.45, 7) is 8.46. The van der Waals surface area contributed by atoms with Gasteiger partial charge >= 0.3 is 0 Å². The van der Waals surface area contributed by atoms with Gasteiger partial charge in [0.2, 0.25) is 0 Å². The van der Waals surface area contributed by atoms with Crippen LogP contribution in [-0.2, 0) is 0 Å². The quantitative estimate of drug-likeness (QED) is 0.555. The van der Waals surface area contributed by atoms with E-state index in [4.69, 9.17) is 18.9 Å². The molecular weight excluding hydrogens is 414 g/mol. The average Bonchev–Trinajstić information content (AvgIpc) is 3.38. The van der Waals surface area contributed by atoms with Gasteiger partial charge in [-0.2, -0.15) is 0 Å². The Kier molecular flexibility index (Phi) is 7.00. The highest BCUT2D eigenvalue weighted by molar-refractivity contribution is 7.22. The van der Waals surface area contributed by atoms with Crippen LogP contribution < -0.4 is 14.4 Å². The monoisotopic (exact) mass is 437 g/mol. The molecule has 9 heteroatoms. The lowest BCUT2D eigenvalue weighted by Crippen LogP contribution is -2.38. The molecule has 3 aromatic rings. The number of carbonyl (C=O) groups excluding carboxylic acids is 1. The number of hydrogen-bond donors (Lipinski definition) is 0. The molecule has 0 radical (unpaired) electrons. The second kappa shape index (κ2) is 9.47. The van der Waals surface area contributed by atoms with E-state index in [1.807, 2.05) is 12.1 Å². The first-order valence-electron chi connectivity index (χ1n) is 9.47. The van der Waals surface area contributed by atoms with Crippen molar-refractivity contribution in [2.24, 2.45) is 0 Å². The molecular formula is C20H24ClN3O4S. The van der Waals surface area contributed by atoms with E-state index in [0.29, 0.717) is 36.4 Å². The molecule has 0 atom stereocenters. The number of carbonyl (C=O) groups is 1. The predicted molar refractivity (Wildman–Crippen MR) is 116 cm³/mol. The Morgan fingerprint density at radius 1 is 1.14 bits per heavy atom. The number of ether oxygens (including phenoxy) is 2. The summed E-state index contributed by atoms with van der Waals surface area (Å²) < 4.78 is 17.6. The average molecular weight is 438 g/mol. The third-order valence-corrected chi connectivity index (χ3v) is 5.82. The number of aromatic nitrogens is 1. The summed E-state index contributed by atoms with van der Waals surface area (Å²) in [5.74, 6) is 1.54. The highest BCUT2D eigenvalue weighted by Gasteiger charge is 2.24. The summed E-state index contributed by atoms with van der Waals surface area (Å²) in [6.07, 6.45) is 1.51. The van der Waals surface area contributed by atoms with E-state index < -0.39 is 0 Å². The lowest BCUT2D eigenvalue weighted by molar-refractivity contribution is 0.0957. The highest BCUT2D eigenvalue weighted by Crippen LogP contribution is 2.39. The predicted octanol–water partition coefficient (Wildman–Crippen LogP) is 4.07. The van der Waals surface area contributed by atoms with E-state index in [1.165, 1.54) is 17.6 Å². The highest BCUT2D eigenvalue weighted by atomic mass is 35.5. The van der Waals surface area contributed by atoms with Crippen LogP contribution in [-0.4, -0.2) is 55.2 Å². The van der Waals surface area contributed by atoms with Crippen LogP contribution in [0.2, 0.25) is 0 Å². The Morgan fingerprint density at radius 3 is 2.52 bits per heavy atom. The van der Waals surface area contributed by atoms with Crippen molar-refractivity contribution in [3.8, 4) is 11.5 Å². The second-order valence-corrected chi connectivity index (χ2v) is 7.43. The Labute approximate surface area is 179 Å². The lowest BCUT2D eigenvalue weighted by atomic mass is 10.3. The Balaban J connectivity index is 0.00000240. The number of amides is 1. The molecule has 0 saturated carbocycles. The van der Waals surface area contributed by atoms with Crippen molar-refractivity contribution in [2.75, 3.05) is 44.3 Å². The first kappa shape index (κ1) is 21.4. The summed E-state index contributed by atoms with van der Waals surface area (Å²) in [5.41, 5.74) is 0.796. The third kappa shape index (κ3) is 4.49. The molecule has 2 aromatic heterocycles. The number of nitrogens with zero attached hydrogens (tertiary/aromatic N) is 3. The first-order chi connectivity index (χ1) is 13.7. The summed E-state index contributed by atoms with van der Waals surface area (Å²) in [7, 11) is 0. The molecule has 0 bridgehead atoms. The fourth-order valence-corrected chi connectivity index (χ4v) is 4.17. The van der Waals surface area contributed by atoms with Gasteiger partial charge in [-0.25, -0.2) is 4.98 Å². The number of thiazole rings is 1. The Hall–Kier alpha value is -2.29. The van der Waals surface area contributed by atoms with Crippen LogP contribution in [0.1, 0.15) is 24.4 Å². The maximum absolute atomic E-state index is 13.1. The van der Waals surface area contributed by atoms with E-state index in [1.54, 1.807) is 17.0 Å². The number of benzene rings is 1. The number of hydrogen-bond acceptors (Lipinski definition) is 7. The number of fused-ring (bicyclic) bond motifs is 2. The molecule has 0 fully saturated rings. The zero-order valence-corrected chi connectivity index (χ0v) is 18.1. The maximum atomic E-state index is 13.1. The van der Waals surface area contributed by atoms with E-state index in [2.05, 4.69) is 18.7 Å². The third-order valence-electron chi connectivity index (χ3n) is 4.78. The largest absolute Gasteiger partial charge is 0.486 e. The molecule has 0 N–H and O–H groups in total. The summed E-state index contributed by atoms with van der Waals surface area (Å²) >= 11 is 1.47. The van der Waals surface area contributed by atoms with Crippen LogP contribution in [0.3, 0.4) is 0 Å². The molecule has 0 spiro atoms. The molecule has 3 heterocycles. The summed E-state index contributed by atoms with van der Waals surface area (Å²) in [6, 6.07) is 7.21. The number of halogens is 1. The van der Waals surface area contributed by atoms with Crippen LogP contribution in [0.15, 0.2) is 34.9 Å². The molecule has 0 saturated heterocycles. The number of furan rings is 1. The van der Waals surface area contributed by atoms with Crippen LogP contribution in [0.4, 0.5) is 5.13 Å². The van der Waals surface area contributed by atoms with Crippen molar-refractivity contribution in [1.82, 2.24) is 9.88 Å². The van der Waals surface area contributed by atoms with Gasteiger partial charge in [-0.1, -0.05) is 25.2 Å². The summed E-state index contributed by atoms with van der Waals surface area (Å²) in [5, 5.41) is 0.644. The number of anilines is 1. The number of rotatable bonds is 7. The van der Waals surface area contributed by atoms with Crippen molar-refractivity contribution in [1.29, 1.82) is 0 Å².